The van der Waals surface area contributed by atoms with E-state index in [0.717, 1.165) is 62.6 Å². The highest BCUT2D eigenvalue weighted by Gasteiger charge is 2.26. The standard InChI is InChI=1S/C23H25N5/c1-2-7-18(8-3-1)22-25-21-11-6-10-20(21)23(26-22)28-15-13-27(14-16-28)17-19-9-4-5-12-24-19/h1-5,7-9,12H,6,10-11,13-17H2. The van der Waals surface area contributed by atoms with Crippen LogP contribution in [0.1, 0.15) is 23.4 Å². The molecule has 1 fully saturated rings. The minimum Gasteiger partial charge on any atom is -0.354 e. The van der Waals surface area contributed by atoms with Crippen molar-refractivity contribution in [1.82, 2.24) is 19.9 Å². The van der Waals surface area contributed by atoms with Crippen molar-refractivity contribution < 1.29 is 0 Å². The molecule has 0 spiro atoms. The fourth-order valence-electron chi connectivity index (χ4n) is 4.23. The molecular formula is C23H25N5. The van der Waals surface area contributed by atoms with Gasteiger partial charge in [-0.15, -0.1) is 0 Å². The fourth-order valence-corrected chi connectivity index (χ4v) is 4.23. The first-order valence-corrected chi connectivity index (χ1v) is 10.2. The smallest absolute Gasteiger partial charge is 0.161 e. The summed E-state index contributed by atoms with van der Waals surface area (Å²) in [5, 5.41) is 0. The fraction of sp³-hybridized carbons (Fsp3) is 0.348. The van der Waals surface area contributed by atoms with Crippen LogP contribution in [-0.4, -0.2) is 46.0 Å². The topological polar surface area (TPSA) is 45.2 Å². The molecule has 5 heteroatoms. The number of pyridine rings is 1. The van der Waals surface area contributed by atoms with E-state index in [1.165, 1.54) is 23.5 Å². The van der Waals surface area contributed by atoms with Crippen molar-refractivity contribution in [2.45, 2.75) is 25.8 Å². The van der Waals surface area contributed by atoms with Crippen LogP contribution in [0, 0.1) is 0 Å². The van der Waals surface area contributed by atoms with Gasteiger partial charge in [-0.3, -0.25) is 9.88 Å². The SMILES string of the molecule is c1ccc(-c2nc3c(c(N4CCN(Cc5ccccn5)CC4)n2)CCC3)cc1. The van der Waals surface area contributed by atoms with Gasteiger partial charge in [-0.25, -0.2) is 9.97 Å². The largest absolute Gasteiger partial charge is 0.354 e. The lowest BCUT2D eigenvalue weighted by Gasteiger charge is -2.36. The van der Waals surface area contributed by atoms with Crippen LogP contribution in [0.3, 0.4) is 0 Å². The number of hydrogen-bond acceptors (Lipinski definition) is 5. The molecule has 0 bridgehead atoms. The summed E-state index contributed by atoms with van der Waals surface area (Å²) in [4.78, 5) is 19.3. The third-order valence-electron chi connectivity index (χ3n) is 5.73. The van der Waals surface area contributed by atoms with E-state index in [-0.39, 0.29) is 0 Å². The monoisotopic (exact) mass is 371 g/mol. The van der Waals surface area contributed by atoms with Crippen LogP contribution in [0.2, 0.25) is 0 Å². The van der Waals surface area contributed by atoms with Crippen molar-refractivity contribution in [3.05, 3.63) is 71.7 Å². The molecule has 3 heterocycles. The second kappa shape index (κ2) is 7.68. The number of rotatable bonds is 4. The van der Waals surface area contributed by atoms with Gasteiger partial charge < -0.3 is 4.90 Å². The number of benzene rings is 1. The van der Waals surface area contributed by atoms with Gasteiger partial charge in [0.05, 0.1) is 5.69 Å². The van der Waals surface area contributed by atoms with Gasteiger partial charge in [0, 0.05) is 55.7 Å². The van der Waals surface area contributed by atoms with Crippen LogP contribution in [0.15, 0.2) is 54.7 Å². The van der Waals surface area contributed by atoms with Crippen molar-refractivity contribution in [1.29, 1.82) is 0 Å². The first-order valence-electron chi connectivity index (χ1n) is 10.2. The molecule has 5 rings (SSSR count). The van der Waals surface area contributed by atoms with Crippen molar-refractivity contribution in [3.8, 4) is 11.4 Å². The molecule has 1 aliphatic carbocycles. The van der Waals surface area contributed by atoms with E-state index in [4.69, 9.17) is 9.97 Å². The molecule has 5 nitrogen and oxygen atoms in total. The molecular weight excluding hydrogens is 346 g/mol. The Hall–Kier alpha value is -2.79. The number of anilines is 1. The van der Waals surface area contributed by atoms with Crippen molar-refractivity contribution in [2.24, 2.45) is 0 Å². The molecule has 1 aromatic carbocycles. The predicted octanol–water partition coefficient (Wildman–Crippen LogP) is 3.35. The van der Waals surface area contributed by atoms with Crippen LogP contribution < -0.4 is 4.90 Å². The van der Waals surface area contributed by atoms with E-state index in [1.54, 1.807) is 0 Å². The maximum atomic E-state index is 5.03. The highest BCUT2D eigenvalue weighted by Crippen LogP contribution is 2.32. The quantitative estimate of drug-likeness (QED) is 0.704. The lowest BCUT2D eigenvalue weighted by Crippen LogP contribution is -2.46. The summed E-state index contributed by atoms with van der Waals surface area (Å²) in [5.41, 5.74) is 4.87. The van der Waals surface area contributed by atoms with E-state index in [2.05, 4.69) is 51.2 Å². The number of aromatic nitrogens is 3. The average Bonchev–Trinajstić information content (AvgIpc) is 3.24. The molecule has 142 valence electrons. The summed E-state index contributed by atoms with van der Waals surface area (Å²) >= 11 is 0. The van der Waals surface area contributed by atoms with Crippen LogP contribution in [0.4, 0.5) is 5.82 Å². The minimum atomic E-state index is 0.868. The van der Waals surface area contributed by atoms with Crippen molar-refractivity contribution >= 4 is 5.82 Å². The van der Waals surface area contributed by atoms with Gasteiger partial charge in [0.25, 0.3) is 0 Å². The van der Waals surface area contributed by atoms with Gasteiger partial charge in [0.2, 0.25) is 0 Å². The molecule has 0 N–H and O–H groups in total. The number of aryl methyl sites for hydroxylation is 1. The molecule has 0 unspecified atom stereocenters. The molecule has 0 radical (unpaired) electrons. The average molecular weight is 371 g/mol. The zero-order chi connectivity index (χ0) is 18.8. The van der Waals surface area contributed by atoms with Crippen LogP contribution in [0.5, 0.6) is 0 Å². The molecule has 0 saturated carbocycles. The Labute approximate surface area is 166 Å². The van der Waals surface area contributed by atoms with Crippen molar-refractivity contribution in [3.63, 3.8) is 0 Å². The molecule has 1 aliphatic heterocycles. The highest BCUT2D eigenvalue weighted by molar-refractivity contribution is 5.61. The first kappa shape index (κ1) is 17.3. The molecule has 0 amide bonds. The highest BCUT2D eigenvalue weighted by atomic mass is 15.3. The van der Waals surface area contributed by atoms with E-state index >= 15 is 0 Å². The van der Waals surface area contributed by atoms with Gasteiger partial charge in [-0.2, -0.15) is 0 Å². The van der Waals surface area contributed by atoms with Crippen LogP contribution >= 0.6 is 0 Å². The first-order chi connectivity index (χ1) is 13.9. The molecule has 1 saturated heterocycles. The Morgan fingerprint density at radius 3 is 2.43 bits per heavy atom. The Balaban J connectivity index is 1.36. The number of hydrogen-bond donors (Lipinski definition) is 0. The maximum Gasteiger partial charge on any atom is 0.161 e. The van der Waals surface area contributed by atoms with E-state index in [1.807, 2.05) is 18.3 Å². The van der Waals surface area contributed by atoms with E-state index in [0.29, 0.717) is 0 Å². The summed E-state index contributed by atoms with van der Waals surface area (Å²) in [6.07, 6.45) is 5.24. The van der Waals surface area contributed by atoms with Crippen LogP contribution in [-0.2, 0) is 19.4 Å². The lowest BCUT2D eigenvalue weighted by atomic mass is 10.1. The molecule has 28 heavy (non-hydrogen) atoms. The predicted molar refractivity (Wildman–Crippen MR) is 111 cm³/mol. The summed E-state index contributed by atoms with van der Waals surface area (Å²) < 4.78 is 0. The Kier molecular flexibility index (Phi) is 4.75. The third kappa shape index (κ3) is 3.50. The van der Waals surface area contributed by atoms with Crippen molar-refractivity contribution in [2.75, 3.05) is 31.1 Å². The van der Waals surface area contributed by atoms with Crippen LogP contribution in [0.25, 0.3) is 11.4 Å². The third-order valence-corrected chi connectivity index (χ3v) is 5.73. The molecule has 3 aromatic rings. The van der Waals surface area contributed by atoms with Gasteiger partial charge in [0.15, 0.2) is 5.82 Å². The summed E-state index contributed by atoms with van der Waals surface area (Å²) in [5.74, 6) is 2.03. The van der Waals surface area contributed by atoms with Gasteiger partial charge in [-0.05, 0) is 31.4 Å². The zero-order valence-electron chi connectivity index (χ0n) is 16.1. The summed E-state index contributed by atoms with van der Waals surface area (Å²) in [6.45, 7) is 5.01. The Bertz CT molecular complexity index is 934. The molecule has 2 aliphatic rings. The maximum absolute atomic E-state index is 5.03. The summed E-state index contributed by atoms with van der Waals surface area (Å²) in [7, 11) is 0. The minimum absolute atomic E-state index is 0.868. The normalized spacial score (nSPS) is 16.9. The van der Waals surface area contributed by atoms with E-state index < -0.39 is 0 Å². The van der Waals surface area contributed by atoms with Gasteiger partial charge in [0.1, 0.15) is 5.82 Å². The number of fused-ring (bicyclic) bond motifs is 1. The number of piperazine rings is 1. The van der Waals surface area contributed by atoms with E-state index in [9.17, 15) is 0 Å². The molecule has 2 aromatic heterocycles. The zero-order valence-corrected chi connectivity index (χ0v) is 16.1. The second-order valence-corrected chi connectivity index (χ2v) is 7.60. The Morgan fingerprint density at radius 1 is 0.821 bits per heavy atom. The van der Waals surface area contributed by atoms with Gasteiger partial charge in [-0.1, -0.05) is 36.4 Å². The summed E-state index contributed by atoms with van der Waals surface area (Å²) in [6, 6.07) is 16.5. The van der Waals surface area contributed by atoms with Gasteiger partial charge >= 0.3 is 0 Å². The lowest BCUT2D eigenvalue weighted by molar-refractivity contribution is 0.246. The number of nitrogens with zero attached hydrogens (tertiary/aromatic N) is 5. The Morgan fingerprint density at radius 2 is 1.64 bits per heavy atom. The second-order valence-electron chi connectivity index (χ2n) is 7.60. The molecule has 0 atom stereocenters.